The molecule has 3 heterocycles. The predicted octanol–water partition coefficient (Wildman–Crippen LogP) is 3.25. The Kier molecular flexibility index (Phi) is 5.85. The molecule has 1 fully saturated rings. The number of nitrogens with one attached hydrogen (secondary N) is 2. The van der Waals surface area contributed by atoms with Gasteiger partial charge in [-0.05, 0) is 30.0 Å². The standard InChI is InChI=1S/C21H24N4O2S/c1-15-4-2-5-16(12-15)19(25-7-9-27-10-8-25)14-22-21(26)18-13-17(23-24-18)20-6-3-11-28-20/h2-6,11-13,19H,7-10,14H2,1H3,(H,22,26)(H,23,24). The number of nitrogens with zero attached hydrogens (tertiary/aromatic N) is 2. The number of thiophene rings is 1. The van der Waals surface area contributed by atoms with Crippen LogP contribution in [-0.2, 0) is 4.74 Å². The van der Waals surface area contributed by atoms with Gasteiger partial charge in [0, 0.05) is 19.6 Å². The van der Waals surface area contributed by atoms with Crippen molar-refractivity contribution in [2.24, 2.45) is 0 Å². The SMILES string of the molecule is Cc1cccc(C(CNC(=O)c2cc(-c3cccs3)[nH]n2)N2CCOCC2)c1. The van der Waals surface area contributed by atoms with Crippen molar-refractivity contribution in [3.8, 4) is 10.6 Å². The van der Waals surface area contributed by atoms with Crippen LogP contribution in [0.1, 0.15) is 27.7 Å². The van der Waals surface area contributed by atoms with Gasteiger partial charge in [-0.3, -0.25) is 14.8 Å². The molecule has 0 aliphatic carbocycles. The molecule has 146 valence electrons. The lowest BCUT2D eigenvalue weighted by atomic mass is 10.0. The Morgan fingerprint density at radius 3 is 2.89 bits per heavy atom. The van der Waals surface area contributed by atoms with Gasteiger partial charge < -0.3 is 10.1 Å². The molecule has 0 spiro atoms. The molecule has 1 atom stereocenters. The van der Waals surface area contributed by atoms with Crippen LogP contribution in [0, 0.1) is 6.92 Å². The topological polar surface area (TPSA) is 70.2 Å². The molecule has 0 bridgehead atoms. The van der Waals surface area contributed by atoms with Gasteiger partial charge >= 0.3 is 0 Å². The second kappa shape index (κ2) is 8.68. The van der Waals surface area contributed by atoms with Crippen molar-refractivity contribution in [3.05, 3.63) is 64.7 Å². The van der Waals surface area contributed by atoms with E-state index in [1.807, 2.05) is 17.5 Å². The molecule has 1 unspecified atom stereocenters. The number of rotatable bonds is 6. The average molecular weight is 397 g/mol. The van der Waals surface area contributed by atoms with Crippen LogP contribution in [0.3, 0.4) is 0 Å². The smallest absolute Gasteiger partial charge is 0.271 e. The molecule has 1 amide bonds. The molecule has 2 N–H and O–H groups in total. The summed E-state index contributed by atoms with van der Waals surface area (Å²) in [6.07, 6.45) is 0. The van der Waals surface area contributed by atoms with Crippen LogP contribution in [0.15, 0.2) is 47.8 Å². The lowest BCUT2D eigenvalue weighted by molar-refractivity contribution is 0.0162. The van der Waals surface area contributed by atoms with Crippen LogP contribution in [0.25, 0.3) is 10.6 Å². The van der Waals surface area contributed by atoms with Crippen LogP contribution < -0.4 is 5.32 Å². The van der Waals surface area contributed by atoms with Crippen molar-refractivity contribution in [1.29, 1.82) is 0 Å². The highest BCUT2D eigenvalue weighted by Gasteiger charge is 2.24. The summed E-state index contributed by atoms with van der Waals surface area (Å²) in [5, 5.41) is 12.2. The van der Waals surface area contributed by atoms with Crippen LogP contribution >= 0.6 is 11.3 Å². The number of carbonyl (C=O) groups excluding carboxylic acids is 1. The Morgan fingerprint density at radius 2 is 2.14 bits per heavy atom. The third-order valence-corrected chi connectivity index (χ3v) is 5.87. The number of H-pyrrole nitrogens is 1. The number of hydrogen-bond donors (Lipinski definition) is 2. The van der Waals surface area contributed by atoms with E-state index in [-0.39, 0.29) is 11.9 Å². The van der Waals surface area contributed by atoms with Crippen LogP contribution in [-0.4, -0.2) is 53.9 Å². The molecule has 3 aromatic rings. The molecular formula is C21H24N4O2S. The minimum absolute atomic E-state index is 0.114. The summed E-state index contributed by atoms with van der Waals surface area (Å²) < 4.78 is 5.50. The van der Waals surface area contributed by atoms with Gasteiger partial charge in [0.2, 0.25) is 0 Å². The summed E-state index contributed by atoms with van der Waals surface area (Å²) in [6.45, 7) is 5.79. The summed E-state index contributed by atoms with van der Waals surface area (Å²) in [5.41, 5.74) is 3.70. The Morgan fingerprint density at radius 1 is 1.29 bits per heavy atom. The molecule has 0 saturated carbocycles. The third-order valence-electron chi connectivity index (χ3n) is 4.97. The fourth-order valence-electron chi connectivity index (χ4n) is 3.50. The third kappa shape index (κ3) is 4.32. The van der Waals surface area contributed by atoms with Gasteiger partial charge in [0.25, 0.3) is 5.91 Å². The van der Waals surface area contributed by atoms with E-state index in [0.717, 1.165) is 36.9 Å². The lowest BCUT2D eigenvalue weighted by Crippen LogP contribution is -2.43. The molecule has 1 aliphatic rings. The maximum Gasteiger partial charge on any atom is 0.271 e. The maximum atomic E-state index is 12.7. The first-order chi connectivity index (χ1) is 13.7. The molecule has 4 rings (SSSR count). The second-order valence-corrected chi connectivity index (χ2v) is 7.88. The normalized spacial score (nSPS) is 16.0. The Hall–Kier alpha value is -2.48. The van der Waals surface area contributed by atoms with E-state index in [4.69, 9.17) is 4.74 Å². The molecule has 1 aromatic carbocycles. The number of carbonyl (C=O) groups is 1. The first-order valence-corrected chi connectivity index (χ1v) is 10.3. The number of morpholine rings is 1. The number of hydrogen-bond acceptors (Lipinski definition) is 5. The first-order valence-electron chi connectivity index (χ1n) is 9.46. The van der Waals surface area contributed by atoms with Gasteiger partial charge in [-0.2, -0.15) is 5.10 Å². The zero-order chi connectivity index (χ0) is 19.3. The molecule has 1 aliphatic heterocycles. The van der Waals surface area contributed by atoms with Crippen molar-refractivity contribution in [1.82, 2.24) is 20.4 Å². The highest BCUT2D eigenvalue weighted by molar-refractivity contribution is 7.13. The Balaban J connectivity index is 1.47. The molecule has 0 radical (unpaired) electrons. The number of ether oxygens (including phenoxy) is 1. The van der Waals surface area contributed by atoms with E-state index in [2.05, 4.69) is 51.6 Å². The maximum absolute atomic E-state index is 12.7. The zero-order valence-corrected chi connectivity index (χ0v) is 16.7. The van der Waals surface area contributed by atoms with E-state index in [0.29, 0.717) is 12.2 Å². The molecule has 1 saturated heterocycles. The number of aromatic nitrogens is 2. The zero-order valence-electron chi connectivity index (χ0n) is 15.9. The summed E-state index contributed by atoms with van der Waals surface area (Å²) in [4.78, 5) is 16.1. The summed E-state index contributed by atoms with van der Waals surface area (Å²) >= 11 is 1.62. The monoisotopic (exact) mass is 396 g/mol. The van der Waals surface area contributed by atoms with Crippen molar-refractivity contribution >= 4 is 17.2 Å². The van der Waals surface area contributed by atoms with Gasteiger partial charge in [0.1, 0.15) is 0 Å². The molecule has 28 heavy (non-hydrogen) atoms. The van der Waals surface area contributed by atoms with Crippen LogP contribution in [0.2, 0.25) is 0 Å². The average Bonchev–Trinajstić information content (AvgIpc) is 3.41. The largest absolute Gasteiger partial charge is 0.379 e. The van der Waals surface area contributed by atoms with Crippen molar-refractivity contribution in [2.45, 2.75) is 13.0 Å². The predicted molar refractivity (Wildman–Crippen MR) is 111 cm³/mol. The quantitative estimate of drug-likeness (QED) is 0.671. The van der Waals surface area contributed by atoms with Crippen LogP contribution in [0.4, 0.5) is 0 Å². The number of aromatic amines is 1. The fourth-order valence-corrected chi connectivity index (χ4v) is 4.19. The number of amides is 1. The van der Waals surface area contributed by atoms with Gasteiger partial charge in [0.05, 0.1) is 29.8 Å². The first kappa shape index (κ1) is 18.9. The Bertz CT molecular complexity index is 916. The molecular weight excluding hydrogens is 372 g/mol. The summed E-state index contributed by atoms with van der Waals surface area (Å²) in [6, 6.07) is 14.4. The highest BCUT2D eigenvalue weighted by Crippen LogP contribution is 2.24. The van der Waals surface area contributed by atoms with E-state index in [1.165, 1.54) is 11.1 Å². The number of benzene rings is 1. The van der Waals surface area contributed by atoms with Gasteiger partial charge in [-0.1, -0.05) is 35.9 Å². The molecule has 6 nitrogen and oxygen atoms in total. The second-order valence-electron chi connectivity index (χ2n) is 6.93. The van der Waals surface area contributed by atoms with Gasteiger partial charge in [-0.15, -0.1) is 11.3 Å². The van der Waals surface area contributed by atoms with Gasteiger partial charge in [-0.25, -0.2) is 0 Å². The van der Waals surface area contributed by atoms with Crippen molar-refractivity contribution in [3.63, 3.8) is 0 Å². The van der Waals surface area contributed by atoms with Crippen LogP contribution in [0.5, 0.6) is 0 Å². The van der Waals surface area contributed by atoms with E-state index in [1.54, 1.807) is 17.4 Å². The minimum Gasteiger partial charge on any atom is -0.379 e. The summed E-state index contributed by atoms with van der Waals surface area (Å²) in [7, 11) is 0. The van der Waals surface area contributed by atoms with Gasteiger partial charge in [0.15, 0.2) is 5.69 Å². The summed E-state index contributed by atoms with van der Waals surface area (Å²) in [5.74, 6) is -0.162. The lowest BCUT2D eigenvalue weighted by Gasteiger charge is -2.35. The van der Waals surface area contributed by atoms with Crippen molar-refractivity contribution < 1.29 is 9.53 Å². The molecule has 2 aromatic heterocycles. The fraction of sp³-hybridized carbons (Fsp3) is 0.333. The number of aryl methyl sites for hydroxylation is 1. The minimum atomic E-state index is -0.162. The highest BCUT2D eigenvalue weighted by atomic mass is 32.1. The molecule has 7 heteroatoms. The van der Waals surface area contributed by atoms with Crippen molar-refractivity contribution in [2.75, 3.05) is 32.8 Å². The van der Waals surface area contributed by atoms with E-state index < -0.39 is 0 Å². The Labute approximate surface area is 168 Å². The van der Waals surface area contributed by atoms with E-state index in [9.17, 15) is 4.79 Å². The van der Waals surface area contributed by atoms with E-state index >= 15 is 0 Å².